The minimum Gasteiger partial charge on any atom is -0.489 e. The van der Waals surface area contributed by atoms with E-state index in [0.29, 0.717) is 16.7 Å². The highest BCUT2D eigenvalue weighted by atomic mass is 35.5. The second kappa shape index (κ2) is 10.3. The SMILES string of the molecule is Clc1ccc(COc2ccc3ccccc3c2CNCCC2=CCCCC2)cc1Cl. The molecular weight excluding hydrogens is 413 g/mol. The third-order valence-electron chi connectivity index (χ3n) is 5.69. The first-order valence-electron chi connectivity index (χ1n) is 10.7. The van der Waals surface area contributed by atoms with Crippen LogP contribution in [0.25, 0.3) is 10.8 Å². The van der Waals surface area contributed by atoms with Crippen LogP contribution in [0.2, 0.25) is 10.0 Å². The Hall–Kier alpha value is -2.00. The summed E-state index contributed by atoms with van der Waals surface area (Å²) in [4.78, 5) is 0. The number of fused-ring (bicyclic) bond motifs is 1. The summed E-state index contributed by atoms with van der Waals surface area (Å²) in [5.41, 5.74) is 3.80. The van der Waals surface area contributed by atoms with Crippen LogP contribution in [-0.2, 0) is 13.2 Å². The van der Waals surface area contributed by atoms with Crippen LogP contribution in [0.1, 0.15) is 43.2 Å². The second-order valence-corrected chi connectivity index (χ2v) is 8.65. The molecular formula is C26H27Cl2NO. The molecule has 0 spiro atoms. The van der Waals surface area contributed by atoms with Gasteiger partial charge in [0, 0.05) is 12.1 Å². The average Bonchev–Trinajstić information content (AvgIpc) is 2.78. The van der Waals surface area contributed by atoms with Gasteiger partial charge >= 0.3 is 0 Å². The smallest absolute Gasteiger partial charge is 0.124 e. The lowest BCUT2D eigenvalue weighted by atomic mass is 9.97. The zero-order chi connectivity index (χ0) is 20.8. The van der Waals surface area contributed by atoms with Crippen LogP contribution < -0.4 is 10.1 Å². The highest BCUT2D eigenvalue weighted by Gasteiger charge is 2.10. The van der Waals surface area contributed by atoms with E-state index < -0.39 is 0 Å². The third kappa shape index (κ3) is 5.37. The quantitative estimate of drug-likeness (QED) is 0.286. The van der Waals surface area contributed by atoms with Crippen molar-refractivity contribution >= 4 is 34.0 Å². The molecule has 0 aliphatic heterocycles. The fourth-order valence-corrected chi connectivity index (χ4v) is 4.34. The molecule has 1 aliphatic rings. The van der Waals surface area contributed by atoms with Crippen LogP contribution in [-0.4, -0.2) is 6.54 Å². The van der Waals surface area contributed by atoms with E-state index in [2.05, 4.69) is 47.8 Å². The van der Waals surface area contributed by atoms with Crippen LogP contribution in [0.3, 0.4) is 0 Å². The lowest BCUT2D eigenvalue weighted by molar-refractivity contribution is 0.303. The largest absolute Gasteiger partial charge is 0.489 e. The van der Waals surface area contributed by atoms with Crippen LogP contribution in [0.5, 0.6) is 5.75 Å². The zero-order valence-electron chi connectivity index (χ0n) is 17.1. The monoisotopic (exact) mass is 439 g/mol. The molecule has 4 rings (SSSR count). The Bertz CT molecular complexity index is 1040. The predicted octanol–water partition coefficient (Wildman–Crippen LogP) is 7.71. The number of allylic oxidation sites excluding steroid dienone is 1. The van der Waals surface area contributed by atoms with Gasteiger partial charge in [-0.2, -0.15) is 0 Å². The first-order chi connectivity index (χ1) is 14.7. The van der Waals surface area contributed by atoms with Crippen molar-refractivity contribution in [1.29, 1.82) is 0 Å². The van der Waals surface area contributed by atoms with E-state index in [0.717, 1.165) is 30.8 Å². The van der Waals surface area contributed by atoms with E-state index in [1.54, 1.807) is 5.57 Å². The predicted molar refractivity (Wildman–Crippen MR) is 128 cm³/mol. The minimum atomic E-state index is 0.453. The Morgan fingerprint density at radius 2 is 1.83 bits per heavy atom. The van der Waals surface area contributed by atoms with E-state index in [4.69, 9.17) is 27.9 Å². The lowest BCUT2D eigenvalue weighted by Crippen LogP contribution is -2.16. The normalized spacial score (nSPS) is 14.0. The van der Waals surface area contributed by atoms with Crippen LogP contribution in [0, 0.1) is 0 Å². The van der Waals surface area contributed by atoms with Gasteiger partial charge in [-0.05, 0) is 73.2 Å². The maximum absolute atomic E-state index is 6.22. The molecule has 0 atom stereocenters. The molecule has 4 heteroatoms. The summed E-state index contributed by atoms with van der Waals surface area (Å²) < 4.78 is 6.22. The van der Waals surface area contributed by atoms with Gasteiger partial charge in [0.05, 0.1) is 10.0 Å². The van der Waals surface area contributed by atoms with Crippen LogP contribution in [0.4, 0.5) is 0 Å². The van der Waals surface area contributed by atoms with Crippen molar-refractivity contribution in [3.8, 4) is 5.75 Å². The Balaban J connectivity index is 1.47. The van der Waals surface area contributed by atoms with E-state index >= 15 is 0 Å². The maximum Gasteiger partial charge on any atom is 0.124 e. The highest BCUT2D eigenvalue weighted by molar-refractivity contribution is 6.42. The minimum absolute atomic E-state index is 0.453. The number of hydrogen-bond donors (Lipinski definition) is 1. The summed E-state index contributed by atoms with van der Waals surface area (Å²) >= 11 is 12.2. The van der Waals surface area contributed by atoms with Crippen molar-refractivity contribution < 1.29 is 4.74 Å². The van der Waals surface area contributed by atoms with Gasteiger partial charge in [-0.1, -0.05) is 71.2 Å². The third-order valence-corrected chi connectivity index (χ3v) is 6.42. The molecule has 0 radical (unpaired) electrons. The molecule has 30 heavy (non-hydrogen) atoms. The maximum atomic E-state index is 6.22. The van der Waals surface area contributed by atoms with Crippen molar-refractivity contribution in [2.24, 2.45) is 0 Å². The number of halogens is 2. The van der Waals surface area contributed by atoms with Gasteiger partial charge in [-0.15, -0.1) is 0 Å². The topological polar surface area (TPSA) is 21.3 Å². The summed E-state index contributed by atoms with van der Waals surface area (Å²) in [5, 5.41) is 7.21. The Morgan fingerprint density at radius 3 is 2.67 bits per heavy atom. The van der Waals surface area contributed by atoms with Crippen LogP contribution >= 0.6 is 23.2 Å². The summed E-state index contributed by atoms with van der Waals surface area (Å²) in [6.45, 7) is 2.22. The molecule has 1 N–H and O–H groups in total. The van der Waals surface area contributed by atoms with E-state index in [1.165, 1.54) is 42.0 Å². The van der Waals surface area contributed by atoms with Gasteiger partial charge in [0.15, 0.2) is 0 Å². The second-order valence-electron chi connectivity index (χ2n) is 7.84. The summed E-state index contributed by atoms with van der Waals surface area (Å²) in [6.07, 6.45) is 8.73. The van der Waals surface area contributed by atoms with Crippen molar-refractivity contribution in [2.75, 3.05) is 6.54 Å². The van der Waals surface area contributed by atoms with Gasteiger partial charge in [-0.25, -0.2) is 0 Å². The lowest BCUT2D eigenvalue weighted by Gasteiger charge is -2.16. The Labute approximate surface area is 188 Å². The average molecular weight is 440 g/mol. The molecule has 0 amide bonds. The van der Waals surface area contributed by atoms with E-state index in [-0.39, 0.29) is 0 Å². The van der Waals surface area contributed by atoms with Crippen molar-refractivity contribution in [2.45, 2.75) is 45.3 Å². The van der Waals surface area contributed by atoms with Crippen molar-refractivity contribution in [3.63, 3.8) is 0 Å². The molecule has 2 nitrogen and oxygen atoms in total. The number of rotatable bonds is 8. The standard InChI is InChI=1S/C26H27Cl2NO/c27-24-12-10-20(16-25(24)28)18-30-26-13-11-21-8-4-5-9-22(21)23(26)17-29-15-14-19-6-2-1-3-7-19/h4-6,8-13,16,29H,1-3,7,14-15,17-18H2. The summed E-state index contributed by atoms with van der Waals surface area (Å²) in [7, 11) is 0. The van der Waals surface area contributed by atoms with Crippen molar-refractivity contribution in [1.82, 2.24) is 5.32 Å². The molecule has 156 valence electrons. The highest BCUT2D eigenvalue weighted by Crippen LogP contribution is 2.30. The van der Waals surface area contributed by atoms with Gasteiger partial charge in [-0.3, -0.25) is 0 Å². The molecule has 1 aliphatic carbocycles. The van der Waals surface area contributed by atoms with Crippen LogP contribution in [0.15, 0.2) is 66.2 Å². The van der Waals surface area contributed by atoms with E-state index in [1.807, 2.05) is 18.2 Å². The molecule has 0 fully saturated rings. The molecule has 0 saturated heterocycles. The molecule has 0 heterocycles. The molecule has 3 aromatic rings. The molecule has 0 saturated carbocycles. The fourth-order valence-electron chi connectivity index (χ4n) is 4.02. The van der Waals surface area contributed by atoms with Crippen molar-refractivity contribution in [3.05, 3.63) is 87.4 Å². The first-order valence-corrected chi connectivity index (χ1v) is 11.4. The number of nitrogens with one attached hydrogen (secondary N) is 1. The zero-order valence-corrected chi connectivity index (χ0v) is 18.6. The Morgan fingerprint density at radius 1 is 0.933 bits per heavy atom. The number of benzene rings is 3. The summed E-state index contributed by atoms with van der Waals surface area (Å²) in [5.74, 6) is 0.907. The molecule has 0 bridgehead atoms. The first kappa shape index (κ1) is 21.2. The molecule has 0 unspecified atom stereocenters. The van der Waals surface area contributed by atoms with Gasteiger partial charge in [0.1, 0.15) is 12.4 Å². The number of hydrogen-bond acceptors (Lipinski definition) is 2. The van der Waals surface area contributed by atoms with Gasteiger partial charge in [0.2, 0.25) is 0 Å². The summed E-state index contributed by atoms with van der Waals surface area (Å²) in [6, 6.07) is 18.3. The van der Waals surface area contributed by atoms with Gasteiger partial charge < -0.3 is 10.1 Å². The van der Waals surface area contributed by atoms with Gasteiger partial charge in [0.25, 0.3) is 0 Å². The molecule has 3 aromatic carbocycles. The number of ether oxygens (including phenoxy) is 1. The molecule has 0 aromatic heterocycles. The van der Waals surface area contributed by atoms with E-state index in [9.17, 15) is 0 Å². The Kier molecular flexibility index (Phi) is 7.33. The fraction of sp³-hybridized carbons (Fsp3) is 0.308.